The summed E-state index contributed by atoms with van der Waals surface area (Å²) in [5.41, 5.74) is 0. The third kappa shape index (κ3) is 5.86. The fraction of sp³-hybridized carbons (Fsp3) is 0.500. The first-order valence-electron chi connectivity index (χ1n) is 5.51. The van der Waals surface area contributed by atoms with Crippen LogP contribution in [0.15, 0.2) is 18.2 Å². The van der Waals surface area contributed by atoms with E-state index in [-0.39, 0.29) is 5.02 Å². The largest absolute Gasteiger partial charge is 0.493 e. The monoisotopic (exact) mass is 261 g/mol. The number of hydrogen-bond donors (Lipinski definition) is 1. The Morgan fingerprint density at radius 3 is 2.82 bits per heavy atom. The third-order valence-corrected chi connectivity index (χ3v) is 2.43. The van der Waals surface area contributed by atoms with Crippen molar-refractivity contribution in [3.8, 4) is 5.75 Å². The van der Waals surface area contributed by atoms with Crippen LogP contribution in [0.3, 0.4) is 0 Å². The second kappa shape index (κ2) is 8.28. The topological polar surface area (TPSA) is 30.5 Å². The highest BCUT2D eigenvalue weighted by atomic mass is 35.5. The molecule has 0 aromatic heterocycles. The number of hydrogen-bond acceptors (Lipinski definition) is 3. The number of ether oxygens (including phenoxy) is 2. The maximum atomic E-state index is 12.9. The van der Waals surface area contributed by atoms with Gasteiger partial charge in [0.05, 0.1) is 18.2 Å². The Kier molecular flexibility index (Phi) is 6.93. The van der Waals surface area contributed by atoms with Gasteiger partial charge in [-0.25, -0.2) is 4.39 Å². The molecule has 0 aliphatic rings. The highest BCUT2D eigenvalue weighted by Gasteiger charge is 2.01. The van der Waals surface area contributed by atoms with Gasteiger partial charge in [-0.3, -0.25) is 0 Å². The van der Waals surface area contributed by atoms with Gasteiger partial charge in [0.1, 0.15) is 11.6 Å². The number of rotatable bonds is 8. The van der Waals surface area contributed by atoms with E-state index in [9.17, 15) is 4.39 Å². The van der Waals surface area contributed by atoms with Gasteiger partial charge in [-0.1, -0.05) is 11.6 Å². The number of nitrogens with one attached hydrogen (secondary N) is 1. The minimum absolute atomic E-state index is 0.0840. The average molecular weight is 262 g/mol. The molecule has 1 aromatic carbocycles. The van der Waals surface area contributed by atoms with Crippen molar-refractivity contribution in [3.05, 3.63) is 29.0 Å². The van der Waals surface area contributed by atoms with E-state index in [2.05, 4.69) is 5.32 Å². The zero-order valence-corrected chi connectivity index (χ0v) is 10.6. The van der Waals surface area contributed by atoms with Crippen molar-refractivity contribution in [2.24, 2.45) is 0 Å². The van der Waals surface area contributed by atoms with E-state index in [4.69, 9.17) is 21.1 Å². The summed E-state index contributed by atoms with van der Waals surface area (Å²) in [5, 5.41) is 3.29. The lowest BCUT2D eigenvalue weighted by Crippen LogP contribution is -2.21. The van der Waals surface area contributed by atoms with Crippen molar-refractivity contribution in [1.82, 2.24) is 5.32 Å². The molecule has 0 saturated carbocycles. The summed E-state index contributed by atoms with van der Waals surface area (Å²) in [4.78, 5) is 0. The molecule has 17 heavy (non-hydrogen) atoms. The van der Waals surface area contributed by atoms with Crippen molar-refractivity contribution in [1.29, 1.82) is 0 Å². The molecule has 0 aliphatic carbocycles. The molecule has 0 radical (unpaired) electrons. The zero-order valence-electron chi connectivity index (χ0n) is 9.84. The molecular formula is C12H17ClFNO2. The fourth-order valence-electron chi connectivity index (χ4n) is 1.25. The molecule has 0 fully saturated rings. The Morgan fingerprint density at radius 2 is 2.12 bits per heavy atom. The van der Waals surface area contributed by atoms with E-state index in [0.29, 0.717) is 19.0 Å². The van der Waals surface area contributed by atoms with E-state index in [0.717, 1.165) is 19.5 Å². The lowest BCUT2D eigenvalue weighted by molar-refractivity contribution is 0.198. The summed E-state index contributed by atoms with van der Waals surface area (Å²) < 4.78 is 23.2. The molecule has 0 atom stereocenters. The first-order chi connectivity index (χ1) is 8.24. The molecule has 0 spiro atoms. The molecule has 96 valence electrons. The van der Waals surface area contributed by atoms with Gasteiger partial charge in [0.25, 0.3) is 0 Å². The molecule has 1 N–H and O–H groups in total. The molecule has 0 heterocycles. The summed E-state index contributed by atoms with van der Waals surface area (Å²) in [6.45, 7) is 2.97. The Balaban J connectivity index is 2.11. The Hall–Kier alpha value is -0.840. The van der Waals surface area contributed by atoms with E-state index >= 15 is 0 Å². The summed E-state index contributed by atoms with van der Waals surface area (Å²) in [5.74, 6) is 0.161. The summed E-state index contributed by atoms with van der Waals surface area (Å²) in [6.07, 6.45) is 0.874. The molecule has 0 amide bonds. The predicted molar refractivity (Wildman–Crippen MR) is 66.3 cm³/mol. The van der Waals surface area contributed by atoms with Crippen LogP contribution in [0, 0.1) is 5.82 Å². The maximum absolute atomic E-state index is 12.9. The normalized spacial score (nSPS) is 10.5. The van der Waals surface area contributed by atoms with Crippen LogP contribution in [0.25, 0.3) is 0 Å². The van der Waals surface area contributed by atoms with Gasteiger partial charge in [0, 0.05) is 19.7 Å². The highest BCUT2D eigenvalue weighted by Crippen LogP contribution is 2.20. The number of halogens is 2. The van der Waals surface area contributed by atoms with Gasteiger partial charge < -0.3 is 14.8 Å². The smallest absolute Gasteiger partial charge is 0.142 e. The van der Waals surface area contributed by atoms with E-state index in [1.54, 1.807) is 13.2 Å². The van der Waals surface area contributed by atoms with Crippen molar-refractivity contribution >= 4 is 11.6 Å². The molecule has 0 bridgehead atoms. The third-order valence-electron chi connectivity index (χ3n) is 2.14. The van der Waals surface area contributed by atoms with Crippen molar-refractivity contribution in [2.45, 2.75) is 6.42 Å². The molecular weight excluding hydrogens is 245 g/mol. The van der Waals surface area contributed by atoms with E-state index in [1.165, 1.54) is 12.1 Å². The van der Waals surface area contributed by atoms with Crippen LogP contribution < -0.4 is 10.1 Å². The van der Waals surface area contributed by atoms with Crippen LogP contribution >= 0.6 is 11.6 Å². The SMILES string of the molecule is COCCNCCCOc1ccc(F)c(Cl)c1. The average Bonchev–Trinajstić information content (AvgIpc) is 2.32. The first kappa shape index (κ1) is 14.2. The zero-order chi connectivity index (χ0) is 12.5. The van der Waals surface area contributed by atoms with E-state index in [1.807, 2.05) is 0 Å². The Morgan fingerprint density at radius 1 is 1.29 bits per heavy atom. The molecule has 5 heteroatoms. The highest BCUT2D eigenvalue weighted by molar-refractivity contribution is 6.30. The second-order valence-corrected chi connectivity index (χ2v) is 3.93. The first-order valence-corrected chi connectivity index (χ1v) is 5.89. The van der Waals surface area contributed by atoms with Gasteiger partial charge in [-0.05, 0) is 25.1 Å². The van der Waals surface area contributed by atoms with E-state index < -0.39 is 5.82 Å². The lowest BCUT2D eigenvalue weighted by Gasteiger charge is -2.07. The molecule has 3 nitrogen and oxygen atoms in total. The Bertz CT molecular complexity index is 336. The number of methoxy groups -OCH3 is 1. The summed E-state index contributed by atoms with van der Waals surface area (Å²) >= 11 is 5.63. The minimum Gasteiger partial charge on any atom is -0.493 e. The van der Waals surface area contributed by atoms with Gasteiger partial charge in [0.2, 0.25) is 0 Å². The van der Waals surface area contributed by atoms with Crippen molar-refractivity contribution < 1.29 is 13.9 Å². The molecule has 0 unspecified atom stereocenters. The molecule has 1 rings (SSSR count). The molecule has 1 aromatic rings. The van der Waals surface area contributed by atoms with Crippen LogP contribution in [0.1, 0.15) is 6.42 Å². The molecule has 0 aliphatic heterocycles. The van der Waals surface area contributed by atoms with Crippen LogP contribution in [-0.2, 0) is 4.74 Å². The van der Waals surface area contributed by atoms with Gasteiger partial charge in [-0.2, -0.15) is 0 Å². The summed E-state index contributed by atoms with van der Waals surface area (Å²) in [7, 11) is 1.67. The van der Waals surface area contributed by atoms with Gasteiger partial charge >= 0.3 is 0 Å². The van der Waals surface area contributed by atoms with Crippen LogP contribution in [0.2, 0.25) is 5.02 Å². The van der Waals surface area contributed by atoms with Crippen LogP contribution in [-0.4, -0.2) is 33.4 Å². The Labute approximate surface area is 106 Å². The quantitative estimate of drug-likeness (QED) is 0.730. The van der Waals surface area contributed by atoms with Crippen molar-refractivity contribution in [3.63, 3.8) is 0 Å². The van der Waals surface area contributed by atoms with Crippen LogP contribution in [0.4, 0.5) is 4.39 Å². The van der Waals surface area contributed by atoms with Gasteiger partial charge in [-0.15, -0.1) is 0 Å². The van der Waals surface area contributed by atoms with Crippen molar-refractivity contribution in [2.75, 3.05) is 33.4 Å². The van der Waals surface area contributed by atoms with Crippen LogP contribution in [0.5, 0.6) is 5.75 Å². The minimum atomic E-state index is -0.430. The maximum Gasteiger partial charge on any atom is 0.142 e. The standard InChI is InChI=1S/C12H17ClFNO2/c1-16-8-6-15-5-2-7-17-10-3-4-12(14)11(13)9-10/h3-4,9,15H,2,5-8H2,1H3. The lowest BCUT2D eigenvalue weighted by atomic mass is 10.3. The summed E-state index contributed by atoms with van der Waals surface area (Å²) in [6, 6.07) is 4.35. The number of benzene rings is 1. The second-order valence-electron chi connectivity index (χ2n) is 3.52. The van der Waals surface area contributed by atoms with Gasteiger partial charge in [0.15, 0.2) is 0 Å². The predicted octanol–water partition coefficient (Wildman–Crippen LogP) is 2.48. The fourth-order valence-corrected chi connectivity index (χ4v) is 1.42. The molecule has 0 saturated heterocycles.